The number of aromatic amines is 1. The summed E-state index contributed by atoms with van der Waals surface area (Å²) in [5.74, 6) is 1.81. The van der Waals surface area contributed by atoms with Gasteiger partial charge in [-0.05, 0) is 30.3 Å². The maximum absolute atomic E-state index is 11.1. The Kier molecular flexibility index (Phi) is 4.28. The number of H-pyrrole nitrogens is 1. The van der Waals surface area contributed by atoms with Crippen molar-refractivity contribution in [3.63, 3.8) is 0 Å². The number of benzene rings is 2. The van der Waals surface area contributed by atoms with Crippen LogP contribution in [0, 0.1) is 0 Å². The van der Waals surface area contributed by atoms with Crippen molar-refractivity contribution in [3.05, 3.63) is 42.6 Å². The lowest BCUT2D eigenvalue weighted by atomic mass is 10.1. The fraction of sp³-hybridized carbons (Fsp3) is 0.111. The van der Waals surface area contributed by atoms with Crippen LogP contribution in [-0.4, -0.2) is 37.6 Å². The lowest BCUT2D eigenvalue weighted by molar-refractivity contribution is 0.356. The smallest absolute Gasteiger partial charge is 0.296 e. The van der Waals surface area contributed by atoms with Crippen molar-refractivity contribution in [3.8, 4) is 22.9 Å². The van der Waals surface area contributed by atoms with Crippen LogP contribution in [0.2, 0.25) is 0 Å². The van der Waals surface area contributed by atoms with E-state index in [0.717, 1.165) is 27.5 Å². The third-order valence-electron chi connectivity index (χ3n) is 4.24. The third kappa shape index (κ3) is 3.30. The molecule has 10 heteroatoms. The summed E-state index contributed by atoms with van der Waals surface area (Å²) >= 11 is 0. The van der Waals surface area contributed by atoms with Gasteiger partial charge in [0.1, 0.15) is 11.3 Å². The van der Waals surface area contributed by atoms with Gasteiger partial charge in [0, 0.05) is 22.7 Å². The second kappa shape index (κ2) is 6.66. The molecule has 4 N–H and O–H groups in total. The van der Waals surface area contributed by atoms with E-state index in [1.54, 1.807) is 50.7 Å². The maximum Gasteiger partial charge on any atom is 0.296 e. The Morgan fingerprint density at radius 1 is 1.07 bits per heavy atom. The van der Waals surface area contributed by atoms with Crippen LogP contribution in [-0.2, 0) is 10.2 Å². The van der Waals surface area contributed by atoms with Crippen LogP contribution in [0.5, 0.6) is 11.5 Å². The molecule has 2 aromatic heterocycles. The molecule has 0 unspecified atom stereocenters. The third-order valence-corrected chi connectivity index (χ3v) is 4.76. The number of nitrogens with two attached hydrogens (primary N) is 1. The maximum atomic E-state index is 11.1. The molecule has 0 aliphatic carbocycles. The largest absolute Gasteiger partial charge is 0.493 e. The minimum absolute atomic E-state index is 0.367. The number of hydrogen-bond donors (Lipinski definition) is 3. The number of nitrogens with zero attached hydrogens (tertiary/aromatic N) is 2. The highest BCUT2D eigenvalue weighted by atomic mass is 32.2. The molecule has 2 heterocycles. The van der Waals surface area contributed by atoms with E-state index in [4.69, 9.17) is 19.6 Å². The molecule has 4 rings (SSSR count). The molecular weight excluding hydrogens is 382 g/mol. The average Bonchev–Trinajstić information content (AvgIpc) is 3.10. The summed E-state index contributed by atoms with van der Waals surface area (Å²) in [6, 6.07) is 10.3. The van der Waals surface area contributed by atoms with E-state index in [1.807, 2.05) is 6.07 Å². The van der Waals surface area contributed by atoms with E-state index in [1.165, 1.54) is 0 Å². The fourth-order valence-electron chi connectivity index (χ4n) is 2.98. The van der Waals surface area contributed by atoms with Crippen LogP contribution >= 0.6 is 0 Å². The minimum atomic E-state index is -3.82. The van der Waals surface area contributed by atoms with E-state index >= 15 is 0 Å². The molecule has 0 radical (unpaired) electrons. The van der Waals surface area contributed by atoms with Gasteiger partial charge in [-0.2, -0.15) is 8.42 Å². The average molecular weight is 399 g/mol. The molecule has 28 heavy (non-hydrogen) atoms. The lowest BCUT2D eigenvalue weighted by Crippen LogP contribution is -2.21. The Balaban J connectivity index is 1.80. The predicted molar refractivity (Wildman–Crippen MR) is 107 cm³/mol. The molecule has 0 aliphatic heterocycles. The number of rotatable bonds is 5. The number of methoxy groups -OCH3 is 2. The van der Waals surface area contributed by atoms with Crippen molar-refractivity contribution in [2.45, 2.75) is 0 Å². The number of ether oxygens (including phenoxy) is 2. The molecule has 0 spiro atoms. The summed E-state index contributed by atoms with van der Waals surface area (Å²) in [5, 5.41) is 5.81. The summed E-state index contributed by atoms with van der Waals surface area (Å²) in [6.45, 7) is 0. The second-order valence-electron chi connectivity index (χ2n) is 6.05. The van der Waals surface area contributed by atoms with Gasteiger partial charge in [-0.25, -0.2) is 10.1 Å². The van der Waals surface area contributed by atoms with Gasteiger partial charge in [0.2, 0.25) is 0 Å². The molecule has 0 aliphatic rings. The van der Waals surface area contributed by atoms with Gasteiger partial charge in [-0.1, -0.05) is 0 Å². The highest BCUT2D eigenvalue weighted by Gasteiger charge is 2.13. The normalized spacial score (nSPS) is 11.7. The zero-order valence-corrected chi connectivity index (χ0v) is 15.9. The van der Waals surface area contributed by atoms with Crippen molar-refractivity contribution < 1.29 is 17.9 Å². The number of fused-ring (bicyclic) bond motifs is 3. The van der Waals surface area contributed by atoms with Gasteiger partial charge >= 0.3 is 0 Å². The fourth-order valence-corrected chi connectivity index (χ4v) is 3.45. The summed E-state index contributed by atoms with van der Waals surface area (Å²) in [5.41, 5.74) is 3.39. The van der Waals surface area contributed by atoms with Crippen LogP contribution in [0.3, 0.4) is 0 Å². The first-order valence-corrected chi connectivity index (χ1v) is 9.74. The van der Waals surface area contributed by atoms with Gasteiger partial charge in [0.05, 0.1) is 31.4 Å². The number of hydrogen-bond acceptors (Lipinski definition) is 6. The molecule has 0 bridgehead atoms. The first-order chi connectivity index (χ1) is 13.4. The molecule has 9 nitrogen and oxygen atoms in total. The lowest BCUT2D eigenvalue weighted by Gasteiger charge is -2.08. The first-order valence-electron chi connectivity index (χ1n) is 8.19. The number of nitrogens with one attached hydrogen (secondary N) is 2. The van der Waals surface area contributed by atoms with Crippen molar-refractivity contribution in [2.24, 2.45) is 5.14 Å². The number of anilines is 1. The molecule has 0 saturated carbocycles. The van der Waals surface area contributed by atoms with Gasteiger partial charge in [-0.15, -0.1) is 0 Å². The number of imidazole rings is 1. The highest BCUT2D eigenvalue weighted by Crippen LogP contribution is 2.34. The Labute approximate surface area is 160 Å². The second-order valence-corrected chi connectivity index (χ2v) is 7.35. The molecule has 144 valence electrons. The Morgan fingerprint density at radius 2 is 1.75 bits per heavy atom. The Bertz CT molecular complexity index is 1280. The van der Waals surface area contributed by atoms with Crippen LogP contribution in [0.1, 0.15) is 0 Å². The molecule has 2 aromatic carbocycles. The summed E-state index contributed by atoms with van der Waals surface area (Å²) in [6.07, 6.45) is 1.71. The predicted octanol–water partition coefficient (Wildman–Crippen LogP) is 2.41. The Hall–Kier alpha value is -3.37. The molecular formula is C18H17N5O4S. The summed E-state index contributed by atoms with van der Waals surface area (Å²) in [7, 11) is -0.669. The van der Waals surface area contributed by atoms with E-state index in [2.05, 4.69) is 14.7 Å². The van der Waals surface area contributed by atoms with Gasteiger partial charge in [0.15, 0.2) is 11.5 Å². The van der Waals surface area contributed by atoms with Gasteiger partial charge in [-0.3, -0.25) is 9.71 Å². The SMILES string of the molecule is COc1cc2ncc3[nH]c(-c4ccc(NS(N)(=O)=O)cc4)nc3c2cc1OC. The van der Waals surface area contributed by atoms with Crippen molar-refractivity contribution in [1.82, 2.24) is 15.0 Å². The van der Waals surface area contributed by atoms with Crippen molar-refractivity contribution >= 4 is 37.8 Å². The molecule has 0 fully saturated rings. The highest BCUT2D eigenvalue weighted by molar-refractivity contribution is 7.90. The monoisotopic (exact) mass is 399 g/mol. The van der Waals surface area contributed by atoms with Crippen LogP contribution in [0.4, 0.5) is 5.69 Å². The number of pyridine rings is 1. The van der Waals surface area contributed by atoms with Crippen LogP contribution in [0.25, 0.3) is 33.3 Å². The van der Waals surface area contributed by atoms with E-state index in [9.17, 15) is 8.42 Å². The van der Waals surface area contributed by atoms with Crippen LogP contribution in [0.15, 0.2) is 42.6 Å². The molecule has 4 aromatic rings. The summed E-state index contributed by atoms with van der Waals surface area (Å²) < 4.78 is 35.2. The van der Waals surface area contributed by atoms with Crippen molar-refractivity contribution in [2.75, 3.05) is 18.9 Å². The number of aromatic nitrogens is 3. The summed E-state index contributed by atoms with van der Waals surface area (Å²) in [4.78, 5) is 12.4. The standard InChI is InChI=1S/C18H17N5O4S/c1-26-15-7-12-13(8-16(15)27-2)20-9-14-17(12)22-18(21-14)10-3-5-11(6-4-10)23-28(19,24)25/h3-9,23H,1-2H3,(H,21,22)(H2,19,24,25). The topological polar surface area (TPSA) is 132 Å². The molecule has 0 saturated heterocycles. The zero-order chi connectivity index (χ0) is 19.9. The molecule has 0 atom stereocenters. The minimum Gasteiger partial charge on any atom is -0.493 e. The van der Waals surface area contributed by atoms with Gasteiger partial charge in [0.25, 0.3) is 10.2 Å². The van der Waals surface area contributed by atoms with Crippen LogP contribution < -0.4 is 19.3 Å². The van der Waals surface area contributed by atoms with E-state index < -0.39 is 10.2 Å². The van der Waals surface area contributed by atoms with Crippen molar-refractivity contribution in [1.29, 1.82) is 0 Å². The quantitative estimate of drug-likeness (QED) is 0.472. The van der Waals surface area contributed by atoms with E-state index in [-0.39, 0.29) is 0 Å². The zero-order valence-electron chi connectivity index (χ0n) is 15.1. The molecule has 0 amide bonds. The van der Waals surface area contributed by atoms with Gasteiger partial charge < -0.3 is 14.5 Å². The Morgan fingerprint density at radius 3 is 2.39 bits per heavy atom. The van der Waals surface area contributed by atoms with E-state index in [0.29, 0.717) is 23.0 Å². The first kappa shape index (κ1) is 18.0.